The number of rotatable bonds is 5. The first-order valence-electron chi connectivity index (χ1n) is 7.25. The summed E-state index contributed by atoms with van der Waals surface area (Å²) in [6.45, 7) is 2.44. The minimum Gasteiger partial charge on any atom is -0.492 e. The third-order valence-corrected chi connectivity index (χ3v) is 3.21. The molecular weight excluding hydrogens is 292 g/mol. The second kappa shape index (κ2) is 6.74. The van der Waals surface area contributed by atoms with Gasteiger partial charge in [-0.15, -0.1) is 0 Å². The van der Waals surface area contributed by atoms with Crippen molar-refractivity contribution in [1.29, 1.82) is 0 Å². The summed E-state index contributed by atoms with van der Waals surface area (Å²) >= 11 is 0. The highest BCUT2D eigenvalue weighted by Crippen LogP contribution is 2.24. The lowest BCUT2D eigenvalue weighted by molar-refractivity contribution is 0.102. The molecule has 0 fully saturated rings. The number of carbonyl (C=O) groups is 1. The average Bonchev–Trinajstić information content (AvgIpc) is 3.11. The minimum absolute atomic E-state index is 0.221. The Hall–Kier alpha value is -3.15. The Morgan fingerprint density at radius 2 is 2.13 bits per heavy atom. The van der Waals surface area contributed by atoms with Crippen LogP contribution in [0.25, 0.3) is 5.82 Å². The molecule has 3 rings (SSSR count). The highest BCUT2D eigenvalue weighted by atomic mass is 16.5. The van der Waals surface area contributed by atoms with Gasteiger partial charge < -0.3 is 10.1 Å². The Bertz CT molecular complexity index is 800. The van der Waals surface area contributed by atoms with Crippen LogP contribution < -0.4 is 10.1 Å². The fourth-order valence-electron chi connectivity index (χ4n) is 2.14. The Kier molecular flexibility index (Phi) is 4.33. The van der Waals surface area contributed by atoms with Gasteiger partial charge in [0, 0.05) is 24.2 Å². The molecule has 0 saturated carbocycles. The van der Waals surface area contributed by atoms with Gasteiger partial charge in [-0.2, -0.15) is 0 Å². The molecule has 2 aromatic heterocycles. The number of ether oxygens (including phenoxy) is 1. The van der Waals surface area contributed by atoms with E-state index in [0.29, 0.717) is 29.4 Å². The number of nitrogens with one attached hydrogen (secondary N) is 1. The molecule has 6 nitrogen and oxygen atoms in total. The van der Waals surface area contributed by atoms with Crippen molar-refractivity contribution in [2.45, 2.75) is 6.92 Å². The Balaban J connectivity index is 1.83. The monoisotopic (exact) mass is 308 g/mol. The van der Waals surface area contributed by atoms with Gasteiger partial charge in [-0.25, -0.2) is 9.97 Å². The molecule has 0 aliphatic carbocycles. The highest BCUT2D eigenvalue weighted by molar-refractivity contribution is 6.05. The molecule has 1 amide bonds. The second-order valence-electron chi connectivity index (χ2n) is 4.76. The third kappa shape index (κ3) is 3.37. The number of nitrogens with zero attached hydrogens (tertiary/aromatic N) is 3. The largest absolute Gasteiger partial charge is 0.492 e. The fourth-order valence-corrected chi connectivity index (χ4v) is 2.14. The molecular formula is C17H16N4O2. The van der Waals surface area contributed by atoms with E-state index in [4.69, 9.17) is 4.74 Å². The first-order chi connectivity index (χ1) is 11.3. The van der Waals surface area contributed by atoms with Crippen LogP contribution in [-0.2, 0) is 0 Å². The van der Waals surface area contributed by atoms with Crippen LogP contribution in [0.1, 0.15) is 17.3 Å². The van der Waals surface area contributed by atoms with Crippen LogP contribution in [0.3, 0.4) is 0 Å². The second-order valence-corrected chi connectivity index (χ2v) is 4.76. The molecule has 0 aliphatic heterocycles. The van der Waals surface area contributed by atoms with E-state index in [0.717, 1.165) is 0 Å². The van der Waals surface area contributed by atoms with Crippen molar-refractivity contribution < 1.29 is 9.53 Å². The van der Waals surface area contributed by atoms with Gasteiger partial charge in [0.15, 0.2) is 0 Å². The van der Waals surface area contributed by atoms with Crippen LogP contribution >= 0.6 is 0 Å². The van der Waals surface area contributed by atoms with E-state index in [1.807, 2.05) is 25.1 Å². The third-order valence-electron chi connectivity index (χ3n) is 3.21. The van der Waals surface area contributed by atoms with Gasteiger partial charge in [-0.1, -0.05) is 12.1 Å². The molecule has 0 unspecified atom stereocenters. The molecule has 116 valence electrons. The van der Waals surface area contributed by atoms with Crippen LogP contribution in [0, 0.1) is 0 Å². The van der Waals surface area contributed by atoms with Crippen LogP contribution in [0.5, 0.6) is 5.75 Å². The van der Waals surface area contributed by atoms with Crippen molar-refractivity contribution in [3.8, 4) is 11.6 Å². The summed E-state index contributed by atoms with van der Waals surface area (Å²) in [5.41, 5.74) is 1.15. The predicted octanol–water partition coefficient (Wildman–Crippen LogP) is 2.92. The normalized spacial score (nSPS) is 10.3. The molecule has 23 heavy (non-hydrogen) atoms. The number of aromatic nitrogens is 3. The summed E-state index contributed by atoms with van der Waals surface area (Å²) < 4.78 is 7.26. The summed E-state index contributed by atoms with van der Waals surface area (Å²) in [6.07, 6.45) is 6.66. The number of carbonyl (C=O) groups excluding carboxylic acids is 1. The Labute approximate surface area is 133 Å². The summed E-state index contributed by atoms with van der Waals surface area (Å²) in [7, 11) is 0. The lowest BCUT2D eigenvalue weighted by Gasteiger charge is -2.11. The van der Waals surface area contributed by atoms with Gasteiger partial charge in [0.05, 0.1) is 12.3 Å². The molecule has 0 radical (unpaired) electrons. The first-order valence-corrected chi connectivity index (χ1v) is 7.25. The number of imidazole rings is 1. The van der Waals surface area contributed by atoms with E-state index in [9.17, 15) is 4.79 Å². The molecule has 0 aliphatic rings. The van der Waals surface area contributed by atoms with Crippen molar-refractivity contribution in [2.24, 2.45) is 0 Å². The Morgan fingerprint density at radius 1 is 1.26 bits per heavy atom. The molecule has 2 heterocycles. The zero-order valence-electron chi connectivity index (χ0n) is 12.6. The lowest BCUT2D eigenvalue weighted by Crippen LogP contribution is -2.13. The van der Waals surface area contributed by atoms with Crippen molar-refractivity contribution in [3.63, 3.8) is 0 Å². The van der Waals surface area contributed by atoms with Crippen molar-refractivity contribution >= 4 is 11.6 Å². The summed E-state index contributed by atoms with van der Waals surface area (Å²) in [4.78, 5) is 20.7. The van der Waals surface area contributed by atoms with Crippen LogP contribution in [0.2, 0.25) is 0 Å². The zero-order chi connectivity index (χ0) is 16.1. The first kappa shape index (κ1) is 14.8. The molecule has 0 spiro atoms. The van der Waals surface area contributed by atoms with E-state index in [1.165, 1.54) is 0 Å². The maximum Gasteiger partial charge on any atom is 0.255 e. The van der Waals surface area contributed by atoms with Crippen LogP contribution in [0.4, 0.5) is 5.69 Å². The number of para-hydroxylation sites is 2. The number of pyridine rings is 1. The predicted molar refractivity (Wildman–Crippen MR) is 86.9 cm³/mol. The number of benzene rings is 1. The fraction of sp³-hybridized carbons (Fsp3) is 0.118. The van der Waals surface area contributed by atoms with Gasteiger partial charge in [0.25, 0.3) is 5.91 Å². The smallest absolute Gasteiger partial charge is 0.255 e. The zero-order valence-corrected chi connectivity index (χ0v) is 12.6. The van der Waals surface area contributed by atoms with Gasteiger partial charge in [0.1, 0.15) is 17.9 Å². The quantitative estimate of drug-likeness (QED) is 0.787. The summed E-state index contributed by atoms with van der Waals surface area (Å²) in [5, 5.41) is 2.87. The van der Waals surface area contributed by atoms with E-state index in [-0.39, 0.29) is 5.91 Å². The molecule has 1 aromatic carbocycles. The highest BCUT2D eigenvalue weighted by Gasteiger charge is 2.11. The molecule has 6 heteroatoms. The molecule has 3 aromatic rings. The molecule has 0 saturated heterocycles. The molecule has 0 atom stereocenters. The SMILES string of the molecule is CCOc1ccccc1NC(=O)c1ccnc(-n2ccnc2)c1. The standard InChI is InChI=1S/C17H16N4O2/c1-2-23-15-6-4-3-5-14(15)20-17(22)13-7-8-19-16(11-13)21-10-9-18-12-21/h3-12H,2H2,1H3,(H,20,22). The van der Waals surface area contributed by atoms with E-state index >= 15 is 0 Å². The van der Waals surface area contributed by atoms with Crippen molar-refractivity contribution in [1.82, 2.24) is 14.5 Å². The van der Waals surface area contributed by atoms with Crippen LogP contribution in [-0.4, -0.2) is 27.0 Å². The molecule has 0 bridgehead atoms. The van der Waals surface area contributed by atoms with E-state index in [2.05, 4.69) is 15.3 Å². The van der Waals surface area contributed by atoms with E-state index < -0.39 is 0 Å². The van der Waals surface area contributed by atoms with Crippen molar-refractivity contribution in [2.75, 3.05) is 11.9 Å². The Morgan fingerprint density at radius 3 is 2.91 bits per heavy atom. The molecule has 1 N–H and O–H groups in total. The maximum atomic E-state index is 12.5. The minimum atomic E-state index is -0.221. The van der Waals surface area contributed by atoms with Gasteiger partial charge in [0.2, 0.25) is 0 Å². The van der Waals surface area contributed by atoms with Gasteiger partial charge >= 0.3 is 0 Å². The number of anilines is 1. The number of amides is 1. The van der Waals surface area contributed by atoms with Gasteiger partial charge in [-0.05, 0) is 31.2 Å². The topological polar surface area (TPSA) is 69.0 Å². The summed E-state index contributed by atoms with van der Waals surface area (Å²) in [6, 6.07) is 10.7. The van der Waals surface area contributed by atoms with Gasteiger partial charge in [-0.3, -0.25) is 9.36 Å². The number of hydrogen-bond acceptors (Lipinski definition) is 4. The van der Waals surface area contributed by atoms with Crippen LogP contribution in [0.15, 0.2) is 61.3 Å². The van der Waals surface area contributed by atoms with E-state index in [1.54, 1.807) is 47.7 Å². The average molecular weight is 308 g/mol. The summed E-state index contributed by atoms with van der Waals surface area (Å²) in [5.74, 6) is 1.06. The maximum absolute atomic E-state index is 12.5. The lowest BCUT2D eigenvalue weighted by atomic mass is 10.2. The number of hydrogen-bond donors (Lipinski definition) is 1. The van der Waals surface area contributed by atoms with Crippen molar-refractivity contribution in [3.05, 3.63) is 66.9 Å².